The van der Waals surface area contributed by atoms with Crippen LogP contribution in [0.25, 0.3) is 76.8 Å². The molecule has 0 spiro atoms. The van der Waals surface area contributed by atoms with Gasteiger partial charge in [0, 0.05) is 27.6 Å². The van der Waals surface area contributed by atoms with E-state index in [4.69, 9.17) is 5.73 Å². The van der Waals surface area contributed by atoms with Crippen LogP contribution in [-0.4, -0.2) is 0 Å². The molecule has 0 heterocycles. The van der Waals surface area contributed by atoms with Crippen molar-refractivity contribution in [1.29, 1.82) is 0 Å². The maximum absolute atomic E-state index is 7.24. The predicted octanol–water partition coefficient (Wildman–Crippen LogP) is 10.8. The Bertz CT molecular complexity index is 2170. The first-order valence-electron chi connectivity index (χ1n) is 14.1. The lowest BCUT2D eigenvalue weighted by Crippen LogP contribution is -2.01. The lowest BCUT2D eigenvalue weighted by molar-refractivity contribution is 1.60. The van der Waals surface area contributed by atoms with Crippen LogP contribution in [-0.2, 0) is 0 Å². The van der Waals surface area contributed by atoms with E-state index in [1.54, 1.807) is 0 Å². The van der Waals surface area contributed by atoms with E-state index in [0.29, 0.717) is 0 Å². The summed E-state index contributed by atoms with van der Waals surface area (Å²) in [5, 5.41) is 7.31. The van der Waals surface area contributed by atoms with Crippen molar-refractivity contribution in [3.8, 4) is 44.5 Å². The van der Waals surface area contributed by atoms with Crippen molar-refractivity contribution in [3.63, 3.8) is 0 Å². The highest BCUT2D eigenvalue weighted by Crippen LogP contribution is 2.54. The van der Waals surface area contributed by atoms with E-state index in [9.17, 15) is 0 Å². The van der Waals surface area contributed by atoms with Gasteiger partial charge in [0.2, 0.25) is 0 Å². The Balaban J connectivity index is 1.74. The molecular formula is C40H27N. The fourth-order valence-corrected chi connectivity index (χ4v) is 6.70. The SMILES string of the molecule is Nc1c(-c2ccccc2)c(-c2ccccc2)c2c(-c3ccccc3)c(-c3ccccc3)c3cccc4ccc1c2c43. The van der Waals surface area contributed by atoms with E-state index in [2.05, 4.69) is 152 Å². The second-order valence-corrected chi connectivity index (χ2v) is 10.6. The average Bonchev–Trinajstić information content (AvgIpc) is 3.05. The van der Waals surface area contributed by atoms with E-state index in [1.165, 1.54) is 54.7 Å². The molecule has 41 heavy (non-hydrogen) atoms. The first kappa shape index (κ1) is 23.5. The molecular weight excluding hydrogens is 494 g/mol. The van der Waals surface area contributed by atoms with Crippen molar-refractivity contribution >= 4 is 38.0 Å². The molecule has 0 aliphatic rings. The van der Waals surface area contributed by atoms with Crippen LogP contribution in [0.2, 0.25) is 0 Å². The zero-order valence-corrected chi connectivity index (χ0v) is 22.5. The molecule has 0 bridgehead atoms. The number of hydrogen-bond acceptors (Lipinski definition) is 1. The number of rotatable bonds is 4. The lowest BCUT2D eigenvalue weighted by atomic mass is 9.77. The summed E-state index contributed by atoms with van der Waals surface area (Å²) < 4.78 is 0. The van der Waals surface area contributed by atoms with Crippen LogP contribution >= 0.6 is 0 Å². The summed E-state index contributed by atoms with van der Waals surface area (Å²) in [6, 6.07) is 54.2. The molecule has 8 rings (SSSR count). The summed E-state index contributed by atoms with van der Waals surface area (Å²) >= 11 is 0. The molecule has 0 aliphatic carbocycles. The monoisotopic (exact) mass is 521 g/mol. The molecule has 0 saturated heterocycles. The van der Waals surface area contributed by atoms with Gasteiger partial charge >= 0.3 is 0 Å². The quantitative estimate of drug-likeness (QED) is 0.181. The third kappa shape index (κ3) is 3.56. The van der Waals surface area contributed by atoms with Gasteiger partial charge in [0.05, 0.1) is 0 Å². The third-order valence-corrected chi connectivity index (χ3v) is 8.37. The van der Waals surface area contributed by atoms with Crippen molar-refractivity contribution < 1.29 is 0 Å². The molecule has 1 nitrogen and oxygen atoms in total. The maximum atomic E-state index is 7.24. The zero-order chi connectivity index (χ0) is 27.3. The minimum absolute atomic E-state index is 0.820. The van der Waals surface area contributed by atoms with Crippen LogP contribution in [0.1, 0.15) is 0 Å². The van der Waals surface area contributed by atoms with Gasteiger partial charge in [-0.25, -0.2) is 0 Å². The van der Waals surface area contributed by atoms with E-state index in [-0.39, 0.29) is 0 Å². The molecule has 0 atom stereocenters. The van der Waals surface area contributed by atoms with E-state index in [0.717, 1.165) is 27.8 Å². The van der Waals surface area contributed by atoms with Gasteiger partial charge in [0.15, 0.2) is 0 Å². The summed E-state index contributed by atoms with van der Waals surface area (Å²) in [6.07, 6.45) is 0. The fourth-order valence-electron chi connectivity index (χ4n) is 6.70. The van der Waals surface area contributed by atoms with Gasteiger partial charge in [-0.1, -0.05) is 152 Å². The van der Waals surface area contributed by atoms with Crippen LogP contribution in [0.15, 0.2) is 152 Å². The number of nitrogens with two attached hydrogens (primary N) is 1. The van der Waals surface area contributed by atoms with Crippen LogP contribution in [0.4, 0.5) is 5.69 Å². The first-order chi connectivity index (χ1) is 20.3. The second-order valence-electron chi connectivity index (χ2n) is 10.6. The van der Waals surface area contributed by atoms with Crippen molar-refractivity contribution in [2.75, 3.05) is 5.73 Å². The van der Waals surface area contributed by atoms with E-state index < -0.39 is 0 Å². The van der Waals surface area contributed by atoms with Gasteiger partial charge in [-0.2, -0.15) is 0 Å². The van der Waals surface area contributed by atoms with Crippen LogP contribution < -0.4 is 5.73 Å². The molecule has 2 N–H and O–H groups in total. The topological polar surface area (TPSA) is 26.0 Å². The number of nitrogen functional groups attached to an aromatic ring is 1. The summed E-state index contributed by atoms with van der Waals surface area (Å²) in [6.45, 7) is 0. The van der Waals surface area contributed by atoms with Gasteiger partial charge in [0.1, 0.15) is 0 Å². The summed E-state index contributed by atoms with van der Waals surface area (Å²) in [5.41, 5.74) is 17.5. The highest BCUT2D eigenvalue weighted by atomic mass is 14.6. The molecule has 0 unspecified atom stereocenters. The molecule has 0 amide bonds. The van der Waals surface area contributed by atoms with Crippen LogP contribution in [0.3, 0.4) is 0 Å². The standard InChI is InChI=1S/C40H27N/c41-40-32-25-24-30-22-13-23-31-33(26-14-5-1-6-15-26)35(27-16-7-2-8-17-27)39(38(32)34(30)31)36(28-18-9-3-10-19-28)37(40)29-20-11-4-12-21-29/h1-25H,41H2. The minimum Gasteiger partial charge on any atom is -0.398 e. The Kier molecular flexibility index (Phi) is 5.36. The average molecular weight is 522 g/mol. The third-order valence-electron chi connectivity index (χ3n) is 8.37. The first-order valence-corrected chi connectivity index (χ1v) is 14.1. The normalized spacial score (nSPS) is 11.5. The molecule has 8 aromatic rings. The van der Waals surface area contributed by atoms with E-state index >= 15 is 0 Å². The van der Waals surface area contributed by atoms with Gasteiger partial charge in [-0.05, 0) is 54.9 Å². The fraction of sp³-hybridized carbons (Fsp3) is 0. The lowest BCUT2D eigenvalue weighted by Gasteiger charge is -2.26. The Labute approximate surface area is 239 Å². The molecule has 1 heteroatoms. The van der Waals surface area contributed by atoms with Crippen molar-refractivity contribution in [1.82, 2.24) is 0 Å². The Morgan fingerprint density at radius 1 is 0.293 bits per heavy atom. The minimum atomic E-state index is 0.820. The molecule has 0 radical (unpaired) electrons. The van der Waals surface area contributed by atoms with Crippen molar-refractivity contribution in [2.24, 2.45) is 0 Å². The van der Waals surface area contributed by atoms with Gasteiger partial charge in [-0.3, -0.25) is 0 Å². The molecule has 8 aromatic carbocycles. The highest BCUT2D eigenvalue weighted by Gasteiger charge is 2.27. The van der Waals surface area contributed by atoms with Crippen molar-refractivity contribution in [3.05, 3.63) is 152 Å². The van der Waals surface area contributed by atoms with E-state index in [1.807, 2.05) is 0 Å². The number of hydrogen-bond donors (Lipinski definition) is 1. The second kappa shape index (κ2) is 9.36. The molecule has 0 aliphatic heterocycles. The smallest absolute Gasteiger partial charge is 0.0480 e. The highest BCUT2D eigenvalue weighted by molar-refractivity contribution is 6.36. The van der Waals surface area contributed by atoms with Crippen LogP contribution in [0.5, 0.6) is 0 Å². The predicted molar refractivity (Wildman–Crippen MR) is 176 cm³/mol. The number of benzene rings is 8. The molecule has 0 aromatic heterocycles. The Morgan fingerprint density at radius 3 is 1.29 bits per heavy atom. The molecule has 192 valence electrons. The van der Waals surface area contributed by atoms with Crippen molar-refractivity contribution in [2.45, 2.75) is 0 Å². The Morgan fingerprint density at radius 2 is 0.756 bits per heavy atom. The van der Waals surface area contributed by atoms with Gasteiger partial charge < -0.3 is 5.73 Å². The molecule has 0 saturated carbocycles. The summed E-state index contributed by atoms with van der Waals surface area (Å²) in [4.78, 5) is 0. The molecule has 0 fully saturated rings. The largest absolute Gasteiger partial charge is 0.398 e. The maximum Gasteiger partial charge on any atom is 0.0480 e. The Hall–Kier alpha value is -5.40. The zero-order valence-electron chi connectivity index (χ0n) is 22.5. The van der Waals surface area contributed by atoms with Gasteiger partial charge in [-0.15, -0.1) is 0 Å². The van der Waals surface area contributed by atoms with Crippen LogP contribution in [0, 0.1) is 0 Å². The van der Waals surface area contributed by atoms with Gasteiger partial charge in [0.25, 0.3) is 0 Å². The number of anilines is 1. The summed E-state index contributed by atoms with van der Waals surface area (Å²) in [5.74, 6) is 0. The summed E-state index contributed by atoms with van der Waals surface area (Å²) in [7, 11) is 0.